The van der Waals surface area contributed by atoms with Crippen LogP contribution >= 0.6 is 0 Å². The van der Waals surface area contributed by atoms with Crippen LogP contribution in [0.3, 0.4) is 0 Å². The predicted molar refractivity (Wildman–Crippen MR) is 88.2 cm³/mol. The Kier molecular flexibility index (Phi) is 3.59. The van der Waals surface area contributed by atoms with Crippen molar-refractivity contribution in [2.75, 3.05) is 5.73 Å². The molecule has 3 heteroatoms. The Balaban J connectivity index is 1.34. The quantitative estimate of drug-likeness (QED) is 0.839. The second kappa shape index (κ2) is 5.60. The Labute approximate surface area is 132 Å². The topological polar surface area (TPSA) is 55.1 Å². The lowest BCUT2D eigenvalue weighted by molar-refractivity contribution is -0.125. The van der Waals surface area contributed by atoms with E-state index in [2.05, 4.69) is 5.32 Å². The van der Waals surface area contributed by atoms with Gasteiger partial charge in [-0.1, -0.05) is 18.2 Å². The Morgan fingerprint density at radius 2 is 1.68 bits per heavy atom. The van der Waals surface area contributed by atoms with Gasteiger partial charge in [0.15, 0.2) is 0 Å². The summed E-state index contributed by atoms with van der Waals surface area (Å²) in [7, 11) is 0. The fourth-order valence-electron chi connectivity index (χ4n) is 5.43. The van der Waals surface area contributed by atoms with Crippen molar-refractivity contribution in [1.29, 1.82) is 0 Å². The van der Waals surface area contributed by atoms with Crippen LogP contribution in [0.25, 0.3) is 0 Å². The van der Waals surface area contributed by atoms with Gasteiger partial charge in [0.1, 0.15) is 0 Å². The normalized spacial score (nSPS) is 35.5. The van der Waals surface area contributed by atoms with Gasteiger partial charge in [0, 0.05) is 18.2 Å². The molecule has 5 rings (SSSR count). The molecule has 1 aromatic carbocycles. The van der Waals surface area contributed by atoms with Gasteiger partial charge in [0.2, 0.25) is 5.91 Å². The van der Waals surface area contributed by atoms with E-state index in [0.717, 1.165) is 41.3 Å². The fraction of sp³-hybridized carbons (Fsp3) is 0.632. The summed E-state index contributed by atoms with van der Waals surface area (Å²) in [5, 5.41) is 3.37. The zero-order valence-corrected chi connectivity index (χ0v) is 13.1. The number of carbonyl (C=O) groups is 1. The molecule has 1 aromatic rings. The maximum Gasteiger partial charge on any atom is 0.220 e. The van der Waals surface area contributed by atoms with E-state index < -0.39 is 0 Å². The molecule has 1 amide bonds. The number of benzene rings is 1. The number of nitrogen functional groups attached to an aromatic ring is 1. The molecule has 0 aromatic heterocycles. The largest absolute Gasteiger partial charge is 0.399 e. The number of nitrogens with one attached hydrogen (secondary N) is 1. The van der Waals surface area contributed by atoms with E-state index in [1.807, 2.05) is 24.3 Å². The molecule has 4 saturated carbocycles. The molecule has 0 radical (unpaired) electrons. The molecule has 0 atom stereocenters. The molecule has 4 aliphatic rings. The third kappa shape index (κ3) is 2.62. The molecule has 22 heavy (non-hydrogen) atoms. The van der Waals surface area contributed by atoms with Gasteiger partial charge in [-0.25, -0.2) is 0 Å². The van der Waals surface area contributed by atoms with Gasteiger partial charge in [-0.15, -0.1) is 0 Å². The van der Waals surface area contributed by atoms with Crippen molar-refractivity contribution in [2.45, 2.75) is 51.0 Å². The van der Waals surface area contributed by atoms with E-state index in [0.29, 0.717) is 12.5 Å². The molecular formula is C19H26N2O. The number of para-hydroxylation sites is 1. The first-order chi connectivity index (χ1) is 10.7. The zero-order valence-electron chi connectivity index (χ0n) is 13.1. The van der Waals surface area contributed by atoms with Gasteiger partial charge in [0.25, 0.3) is 0 Å². The van der Waals surface area contributed by atoms with E-state index in [4.69, 9.17) is 5.73 Å². The summed E-state index contributed by atoms with van der Waals surface area (Å²) in [4.78, 5) is 12.4. The predicted octanol–water partition coefficient (Wildman–Crippen LogP) is 3.14. The highest BCUT2D eigenvalue weighted by Gasteiger charge is 2.48. The first-order valence-corrected chi connectivity index (χ1v) is 8.82. The first-order valence-electron chi connectivity index (χ1n) is 8.82. The average Bonchev–Trinajstić information content (AvgIpc) is 2.49. The maximum atomic E-state index is 12.4. The van der Waals surface area contributed by atoms with Crippen molar-refractivity contribution in [3.05, 3.63) is 29.8 Å². The number of rotatable bonds is 4. The molecule has 118 valence electrons. The highest BCUT2D eigenvalue weighted by Crippen LogP contribution is 2.53. The second-order valence-electron chi connectivity index (χ2n) is 7.72. The molecule has 3 N–H and O–H groups in total. The number of hydrogen-bond acceptors (Lipinski definition) is 2. The van der Waals surface area contributed by atoms with Crippen molar-refractivity contribution >= 4 is 11.6 Å². The van der Waals surface area contributed by atoms with Gasteiger partial charge in [-0.05, 0) is 73.8 Å². The molecule has 0 saturated heterocycles. The number of hydrogen-bond donors (Lipinski definition) is 2. The minimum atomic E-state index is 0.209. The van der Waals surface area contributed by atoms with Crippen LogP contribution in [0.1, 0.15) is 44.1 Å². The third-order valence-corrected chi connectivity index (χ3v) is 6.23. The Hall–Kier alpha value is -1.51. The number of nitrogens with two attached hydrogens (primary N) is 1. The lowest BCUT2D eigenvalue weighted by Gasteiger charge is -2.54. The lowest BCUT2D eigenvalue weighted by Crippen LogP contribution is -2.55. The number of amides is 1. The van der Waals surface area contributed by atoms with Crippen molar-refractivity contribution < 1.29 is 4.79 Å². The van der Waals surface area contributed by atoms with Crippen molar-refractivity contribution in [1.82, 2.24) is 5.32 Å². The van der Waals surface area contributed by atoms with Crippen LogP contribution in [0.2, 0.25) is 0 Å². The summed E-state index contributed by atoms with van der Waals surface area (Å²) in [5.74, 6) is 3.63. The average molecular weight is 298 g/mol. The molecule has 0 heterocycles. The molecule has 0 spiro atoms. The highest BCUT2D eigenvalue weighted by atomic mass is 16.1. The molecule has 4 fully saturated rings. The van der Waals surface area contributed by atoms with Gasteiger partial charge < -0.3 is 11.1 Å². The number of anilines is 1. The van der Waals surface area contributed by atoms with Crippen LogP contribution in [0, 0.1) is 23.7 Å². The Morgan fingerprint density at radius 3 is 2.32 bits per heavy atom. The van der Waals surface area contributed by atoms with Crippen molar-refractivity contribution in [2.24, 2.45) is 23.7 Å². The van der Waals surface area contributed by atoms with E-state index in [1.54, 1.807) is 0 Å². The molecule has 0 unspecified atom stereocenters. The van der Waals surface area contributed by atoms with Gasteiger partial charge in [-0.2, -0.15) is 0 Å². The van der Waals surface area contributed by atoms with E-state index in [9.17, 15) is 4.79 Å². The Bertz CT molecular complexity index is 540. The minimum Gasteiger partial charge on any atom is -0.399 e. The second-order valence-corrected chi connectivity index (χ2v) is 7.72. The van der Waals surface area contributed by atoms with Gasteiger partial charge >= 0.3 is 0 Å². The van der Waals surface area contributed by atoms with Crippen molar-refractivity contribution in [3.63, 3.8) is 0 Å². The molecule has 4 bridgehead atoms. The monoisotopic (exact) mass is 298 g/mol. The standard InChI is InChI=1S/C19H26N2O/c20-17-4-2-1-3-14(17)5-6-18(22)21-19-15-8-12-7-13(10-15)11-16(19)9-12/h1-4,12-13,15-16,19H,5-11,20H2,(H,21,22). The van der Waals surface area contributed by atoms with E-state index in [1.165, 1.54) is 32.1 Å². The van der Waals surface area contributed by atoms with Gasteiger partial charge in [0.05, 0.1) is 0 Å². The van der Waals surface area contributed by atoms with E-state index >= 15 is 0 Å². The van der Waals surface area contributed by atoms with Crippen LogP contribution in [0.4, 0.5) is 5.69 Å². The Morgan fingerprint density at radius 1 is 1.05 bits per heavy atom. The van der Waals surface area contributed by atoms with Crippen LogP contribution in [0.5, 0.6) is 0 Å². The third-order valence-electron chi connectivity index (χ3n) is 6.23. The van der Waals surface area contributed by atoms with E-state index in [-0.39, 0.29) is 5.91 Å². The highest BCUT2D eigenvalue weighted by molar-refractivity contribution is 5.77. The molecule has 4 aliphatic carbocycles. The molecular weight excluding hydrogens is 272 g/mol. The zero-order chi connectivity index (χ0) is 15.1. The van der Waals surface area contributed by atoms with Gasteiger partial charge in [-0.3, -0.25) is 4.79 Å². The molecule has 0 aliphatic heterocycles. The SMILES string of the molecule is Nc1ccccc1CCC(=O)NC1C2CC3CC(C2)CC1C3. The lowest BCUT2D eigenvalue weighted by atomic mass is 9.54. The summed E-state index contributed by atoms with van der Waals surface area (Å²) in [6, 6.07) is 8.30. The van der Waals surface area contributed by atoms with Crippen LogP contribution in [-0.4, -0.2) is 11.9 Å². The number of carbonyl (C=O) groups excluding carboxylic acids is 1. The minimum absolute atomic E-state index is 0.209. The fourth-order valence-corrected chi connectivity index (χ4v) is 5.43. The van der Waals surface area contributed by atoms with Crippen molar-refractivity contribution in [3.8, 4) is 0 Å². The first kappa shape index (κ1) is 14.1. The summed E-state index contributed by atoms with van der Waals surface area (Å²) >= 11 is 0. The molecule has 3 nitrogen and oxygen atoms in total. The van der Waals surface area contributed by atoms with Crippen LogP contribution in [-0.2, 0) is 11.2 Å². The maximum absolute atomic E-state index is 12.4. The van der Waals surface area contributed by atoms with Crippen LogP contribution in [0.15, 0.2) is 24.3 Å². The summed E-state index contributed by atoms with van der Waals surface area (Å²) < 4.78 is 0. The summed E-state index contributed by atoms with van der Waals surface area (Å²) in [6.07, 6.45) is 8.16. The smallest absolute Gasteiger partial charge is 0.220 e. The summed E-state index contributed by atoms with van der Waals surface area (Å²) in [5.41, 5.74) is 7.84. The van der Waals surface area contributed by atoms with Crippen LogP contribution < -0.4 is 11.1 Å². The summed E-state index contributed by atoms with van der Waals surface area (Å²) in [6.45, 7) is 0. The number of aryl methyl sites for hydroxylation is 1.